The van der Waals surface area contributed by atoms with E-state index >= 15 is 0 Å². The molecule has 0 amide bonds. The maximum Gasteiger partial charge on any atom is 0.138 e. The number of rotatable bonds is 3. The van der Waals surface area contributed by atoms with E-state index in [1.54, 1.807) is 6.07 Å². The van der Waals surface area contributed by atoms with Crippen molar-refractivity contribution >= 4 is 18.2 Å². The van der Waals surface area contributed by atoms with Crippen LogP contribution in [-0.4, -0.2) is 23.2 Å². The van der Waals surface area contributed by atoms with Gasteiger partial charge in [0, 0.05) is 11.4 Å². The second-order valence-corrected chi connectivity index (χ2v) is 4.66. The van der Waals surface area contributed by atoms with Crippen LogP contribution in [0, 0.1) is 5.82 Å². The summed E-state index contributed by atoms with van der Waals surface area (Å²) in [7, 11) is 0. The summed E-state index contributed by atoms with van der Waals surface area (Å²) in [5.41, 5.74) is 0. The Labute approximate surface area is 92.6 Å². The van der Waals surface area contributed by atoms with Gasteiger partial charge in [0.15, 0.2) is 0 Å². The second kappa shape index (κ2) is 4.77. The minimum Gasteiger partial charge on any atom is -0.302 e. The van der Waals surface area contributed by atoms with E-state index < -0.39 is 0 Å². The molecular formula is C11H12FNOS. The van der Waals surface area contributed by atoms with Crippen LogP contribution in [0.4, 0.5) is 4.39 Å². The molecular weight excluding hydrogens is 213 g/mol. The molecule has 1 saturated heterocycles. The Hall–Kier alpha value is -0.870. The van der Waals surface area contributed by atoms with Crippen molar-refractivity contribution in [2.24, 2.45) is 0 Å². The van der Waals surface area contributed by atoms with Gasteiger partial charge in [0.1, 0.15) is 12.1 Å². The van der Waals surface area contributed by atoms with Crippen LogP contribution in [-0.2, 0) is 4.79 Å². The molecule has 0 radical (unpaired) electrons. The molecule has 1 unspecified atom stereocenters. The number of nitrogens with zero attached hydrogens (tertiary/aromatic N) is 1. The lowest BCUT2D eigenvalue weighted by molar-refractivity contribution is -0.110. The first-order chi connectivity index (χ1) is 7.29. The van der Waals surface area contributed by atoms with Gasteiger partial charge >= 0.3 is 0 Å². The maximum absolute atomic E-state index is 12.9. The zero-order valence-corrected chi connectivity index (χ0v) is 9.04. The quantitative estimate of drug-likeness (QED) is 0.582. The summed E-state index contributed by atoms with van der Waals surface area (Å²) in [6.07, 6.45) is 2.91. The summed E-state index contributed by atoms with van der Waals surface area (Å²) >= 11 is 1.46. The average molecular weight is 225 g/mol. The zero-order valence-electron chi connectivity index (χ0n) is 8.23. The van der Waals surface area contributed by atoms with Crippen molar-refractivity contribution in [2.75, 3.05) is 6.54 Å². The van der Waals surface area contributed by atoms with E-state index in [1.165, 1.54) is 24.1 Å². The van der Waals surface area contributed by atoms with Crippen LogP contribution in [0.15, 0.2) is 29.2 Å². The Morgan fingerprint density at radius 1 is 1.53 bits per heavy atom. The van der Waals surface area contributed by atoms with E-state index in [0.717, 1.165) is 30.6 Å². The number of benzene rings is 1. The van der Waals surface area contributed by atoms with Crippen LogP contribution >= 0.6 is 11.9 Å². The minimum atomic E-state index is -0.234. The SMILES string of the molecule is O=CC1CCCN1Sc1cccc(F)c1. The molecule has 4 heteroatoms. The standard InChI is InChI=1S/C11H12FNOS/c12-9-3-1-5-11(7-9)15-13-6-2-4-10(13)8-14/h1,3,5,7-8,10H,2,4,6H2. The van der Waals surface area contributed by atoms with Crippen molar-refractivity contribution in [3.05, 3.63) is 30.1 Å². The number of hydrogen-bond acceptors (Lipinski definition) is 3. The van der Waals surface area contributed by atoms with Crippen LogP contribution in [0.25, 0.3) is 0 Å². The van der Waals surface area contributed by atoms with Gasteiger partial charge in [0.25, 0.3) is 0 Å². The first kappa shape index (κ1) is 10.6. The third-order valence-corrected chi connectivity index (χ3v) is 3.58. The zero-order chi connectivity index (χ0) is 10.7. The second-order valence-electron chi connectivity index (χ2n) is 3.54. The van der Waals surface area contributed by atoms with Gasteiger partial charge in [-0.15, -0.1) is 0 Å². The van der Waals surface area contributed by atoms with Crippen molar-refractivity contribution < 1.29 is 9.18 Å². The van der Waals surface area contributed by atoms with E-state index in [0.29, 0.717) is 0 Å². The number of hydrogen-bond donors (Lipinski definition) is 0. The Kier molecular flexibility index (Phi) is 3.38. The number of aldehydes is 1. The third kappa shape index (κ3) is 2.58. The molecule has 2 rings (SSSR count). The molecule has 0 saturated carbocycles. The Morgan fingerprint density at radius 3 is 3.13 bits per heavy atom. The van der Waals surface area contributed by atoms with Crippen molar-refractivity contribution in [3.63, 3.8) is 0 Å². The molecule has 15 heavy (non-hydrogen) atoms. The largest absolute Gasteiger partial charge is 0.302 e. The molecule has 1 aromatic carbocycles. The fraction of sp³-hybridized carbons (Fsp3) is 0.364. The van der Waals surface area contributed by atoms with Gasteiger partial charge < -0.3 is 4.79 Å². The highest BCUT2D eigenvalue weighted by Crippen LogP contribution is 2.30. The molecule has 1 aliphatic rings. The van der Waals surface area contributed by atoms with Gasteiger partial charge in [-0.05, 0) is 43.0 Å². The minimum absolute atomic E-state index is 0.0155. The van der Waals surface area contributed by atoms with Gasteiger partial charge in [-0.3, -0.25) is 0 Å². The summed E-state index contributed by atoms with van der Waals surface area (Å²) in [6.45, 7) is 0.893. The molecule has 0 aromatic heterocycles. The monoisotopic (exact) mass is 225 g/mol. The van der Waals surface area contributed by atoms with Crippen molar-refractivity contribution in [2.45, 2.75) is 23.8 Å². The van der Waals surface area contributed by atoms with E-state index in [2.05, 4.69) is 0 Å². The first-order valence-electron chi connectivity index (χ1n) is 4.95. The van der Waals surface area contributed by atoms with Crippen LogP contribution in [0.3, 0.4) is 0 Å². The van der Waals surface area contributed by atoms with Crippen molar-refractivity contribution in [3.8, 4) is 0 Å². The van der Waals surface area contributed by atoms with Crippen LogP contribution in [0.1, 0.15) is 12.8 Å². The van der Waals surface area contributed by atoms with Crippen LogP contribution < -0.4 is 0 Å². The maximum atomic E-state index is 12.9. The van der Waals surface area contributed by atoms with Crippen LogP contribution in [0.5, 0.6) is 0 Å². The number of carbonyl (C=O) groups excluding carboxylic acids is 1. The van der Waals surface area contributed by atoms with Crippen LogP contribution in [0.2, 0.25) is 0 Å². The van der Waals surface area contributed by atoms with Gasteiger partial charge in [0.05, 0.1) is 6.04 Å². The predicted molar refractivity (Wildman–Crippen MR) is 58.0 cm³/mol. The molecule has 1 heterocycles. The lowest BCUT2D eigenvalue weighted by Crippen LogP contribution is -2.23. The van der Waals surface area contributed by atoms with Gasteiger partial charge in [0.2, 0.25) is 0 Å². The molecule has 1 fully saturated rings. The van der Waals surface area contributed by atoms with E-state index in [1.807, 2.05) is 10.4 Å². The smallest absolute Gasteiger partial charge is 0.138 e. The number of halogens is 1. The third-order valence-electron chi connectivity index (χ3n) is 2.42. The van der Waals surface area contributed by atoms with Crippen molar-refractivity contribution in [1.82, 2.24) is 4.31 Å². The van der Waals surface area contributed by atoms with Gasteiger partial charge in [-0.2, -0.15) is 0 Å². The molecule has 0 aliphatic carbocycles. The molecule has 0 spiro atoms. The Bertz CT molecular complexity index is 358. The van der Waals surface area contributed by atoms with E-state index in [9.17, 15) is 9.18 Å². The molecule has 0 N–H and O–H groups in total. The normalized spacial score (nSPS) is 21.8. The summed E-state index contributed by atoms with van der Waals surface area (Å²) in [4.78, 5) is 11.6. The molecule has 0 bridgehead atoms. The molecule has 1 aromatic rings. The Morgan fingerprint density at radius 2 is 2.40 bits per heavy atom. The first-order valence-corrected chi connectivity index (χ1v) is 5.72. The average Bonchev–Trinajstić information content (AvgIpc) is 2.65. The fourth-order valence-corrected chi connectivity index (χ4v) is 2.76. The van der Waals surface area contributed by atoms with E-state index in [-0.39, 0.29) is 11.9 Å². The Balaban J connectivity index is 2.05. The highest BCUT2D eigenvalue weighted by molar-refractivity contribution is 7.97. The molecule has 80 valence electrons. The molecule has 1 atom stereocenters. The summed E-state index contributed by atoms with van der Waals surface area (Å²) in [6, 6.07) is 6.44. The summed E-state index contributed by atoms with van der Waals surface area (Å²) in [5, 5.41) is 0. The molecule has 1 aliphatic heterocycles. The van der Waals surface area contributed by atoms with Crippen molar-refractivity contribution in [1.29, 1.82) is 0 Å². The van der Waals surface area contributed by atoms with E-state index in [4.69, 9.17) is 0 Å². The summed E-state index contributed by atoms with van der Waals surface area (Å²) < 4.78 is 14.9. The lowest BCUT2D eigenvalue weighted by atomic mass is 10.2. The highest BCUT2D eigenvalue weighted by Gasteiger charge is 2.24. The predicted octanol–water partition coefficient (Wildman–Crippen LogP) is 2.50. The van der Waals surface area contributed by atoms with Gasteiger partial charge in [-0.25, -0.2) is 8.70 Å². The topological polar surface area (TPSA) is 20.3 Å². The number of carbonyl (C=O) groups is 1. The fourth-order valence-electron chi connectivity index (χ4n) is 1.67. The van der Waals surface area contributed by atoms with Gasteiger partial charge in [-0.1, -0.05) is 6.07 Å². The highest BCUT2D eigenvalue weighted by atomic mass is 32.2. The summed E-state index contributed by atoms with van der Waals surface area (Å²) in [5.74, 6) is -0.234. The lowest BCUT2D eigenvalue weighted by Gasteiger charge is -2.18. The molecule has 2 nitrogen and oxygen atoms in total.